The molecule has 1 aromatic rings. The molecule has 4 heteroatoms. The Balaban J connectivity index is 2.43. The van der Waals surface area contributed by atoms with E-state index in [1.165, 1.54) is 0 Å². The number of benzene rings is 1. The number of carbonyl (C=O) groups excluding carboxylic acids is 1. The molecule has 1 aliphatic rings. The summed E-state index contributed by atoms with van der Waals surface area (Å²) in [5.74, 6) is 0.757. The summed E-state index contributed by atoms with van der Waals surface area (Å²) in [4.78, 5) is 13.2. The first kappa shape index (κ1) is 8.87. The molecule has 1 heterocycles. The largest absolute Gasteiger partial charge is 0.497 e. The number of amides is 1. The first-order valence-corrected chi connectivity index (χ1v) is 4.40. The van der Waals surface area contributed by atoms with E-state index >= 15 is 0 Å². The SMILES string of the molecule is COc1ccc2c(c1)NC(=O)CN2C. The highest BCUT2D eigenvalue weighted by Crippen LogP contribution is 2.31. The molecule has 0 saturated heterocycles. The highest BCUT2D eigenvalue weighted by atomic mass is 16.5. The Bertz CT molecular complexity index is 376. The maximum Gasteiger partial charge on any atom is 0.243 e. The number of fused-ring (bicyclic) bond motifs is 1. The van der Waals surface area contributed by atoms with Gasteiger partial charge in [-0.15, -0.1) is 0 Å². The van der Waals surface area contributed by atoms with Crippen LogP contribution in [0.25, 0.3) is 0 Å². The van der Waals surface area contributed by atoms with Gasteiger partial charge >= 0.3 is 0 Å². The van der Waals surface area contributed by atoms with Crippen molar-refractivity contribution in [3.8, 4) is 5.75 Å². The summed E-state index contributed by atoms with van der Waals surface area (Å²) in [6.07, 6.45) is 0. The van der Waals surface area contributed by atoms with Crippen molar-refractivity contribution in [2.75, 3.05) is 30.9 Å². The number of likely N-dealkylation sites (N-methyl/N-ethyl adjacent to an activating group) is 1. The molecule has 0 fully saturated rings. The lowest BCUT2D eigenvalue weighted by molar-refractivity contribution is -0.115. The summed E-state index contributed by atoms with van der Waals surface area (Å²) in [7, 11) is 3.50. The van der Waals surface area contributed by atoms with E-state index < -0.39 is 0 Å². The second kappa shape index (κ2) is 3.21. The summed E-state index contributed by atoms with van der Waals surface area (Å²) in [6.45, 7) is 0.402. The summed E-state index contributed by atoms with van der Waals surface area (Å²) in [6, 6.07) is 5.64. The molecule has 1 aliphatic heterocycles. The number of hydrogen-bond donors (Lipinski definition) is 1. The average molecular weight is 192 g/mol. The second-order valence-corrected chi connectivity index (χ2v) is 3.29. The second-order valence-electron chi connectivity index (χ2n) is 3.29. The molecule has 0 bridgehead atoms. The smallest absolute Gasteiger partial charge is 0.243 e. The molecule has 0 saturated carbocycles. The number of hydrogen-bond acceptors (Lipinski definition) is 3. The predicted octanol–water partition coefficient (Wildman–Crippen LogP) is 1.08. The van der Waals surface area contributed by atoms with Crippen LogP contribution in [0.15, 0.2) is 18.2 Å². The van der Waals surface area contributed by atoms with Crippen LogP contribution in [0.2, 0.25) is 0 Å². The minimum atomic E-state index is 0.00764. The van der Waals surface area contributed by atoms with Crippen LogP contribution < -0.4 is 15.0 Å². The van der Waals surface area contributed by atoms with Gasteiger partial charge in [0.2, 0.25) is 5.91 Å². The van der Waals surface area contributed by atoms with Gasteiger partial charge < -0.3 is 15.0 Å². The third kappa shape index (κ3) is 1.39. The molecule has 0 atom stereocenters. The Morgan fingerprint density at radius 1 is 1.50 bits per heavy atom. The molecule has 14 heavy (non-hydrogen) atoms. The molecular weight excluding hydrogens is 180 g/mol. The van der Waals surface area contributed by atoms with Gasteiger partial charge in [-0.1, -0.05) is 0 Å². The maximum absolute atomic E-state index is 11.2. The normalized spacial score (nSPS) is 14.7. The van der Waals surface area contributed by atoms with Crippen LogP contribution in [0.5, 0.6) is 5.75 Å². The van der Waals surface area contributed by atoms with Gasteiger partial charge in [-0.05, 0) is 12.1 Å². The predicted molar refractivity (Wildman–Crippen MR) is 54.9 cm³/mol. The van der Waals surface area contributed by atoms with E-state index in [1.807, 2.05) is 30.1 Å². The van der Waals surface area contributed by atoms with E-state index in [2.05, 4.69) is 5.32 Å². The molecule has 0 spiro atoms. The third-order valence-electron chi connectivity index (χ3n) is 2.27. The van der Waals surface area contributed by atoms with Gasteiger partial charge in [-0.2, -0.15) is 0 Å². The van der Waals surface area contributed by atoms with Gasteiger partial charge in [0, 0.05) is 13.1 Å². The Morgan fingerprint density at radius 3 is 3.00 bits per heavy atom. The quantitative estimate of drug-likeness (QED) is 0.724. The van der Waals surface area contributed by atoms with Crippen LogP contribution in [0, 0.1) is 0 Å². The van der Waals surface area contributed by atoms with Crippen molar-refractivity contribution in [2.45, 2.75) is 0 Å². The van der Waals surface area contributed by atoms with Crippen LogP contribution in [0.1, 0.15) is 0 Å². The Hall–Kier alpha value is -1.71. The summed E-state index contributed by atoms with van der Waals surface area (Å²) >= 11 is 0. The van der Waals surface area contributed by atoms with E-state index in [4.69, 9.17) is 4.74 Å². The van der Waals surface area contributed by atoms with Crippen molar-refractivity contribution in [3.63, 3.8) is 0 Å². The van der Waals surface area contributed by atoms with Crippen LogP contribution >= 0.6 is 0 Å². The fourth-order valence-corrected chi connectivity index (χ4v) is 1.57. The highest BCUT2D eigenvalue weighted by molar-refractivity contribution is 6.01. The summed E-state index contributed by atoms with van der Waals surface area (Å²) in [5, 5.41) is 2.80. The van der Waals surface area contributed by atoms with Gasteiger partial charge in [0.15, 0.2) is 0 Å². The van der Waals surface area contributed by atoms with Gasteiger partial charge in [0.25, 0.3) is 0 Å². The lowest BCUT2D eigenvalue weighted by Crippen LogP contribution is -2.35. The van der Waals surface area contributed by atoms with E-state index in [0.717, 1.165) is 17.1 Å². The van der Waals surface area contributed by atoms with E-state index in [1.54, 1.807) is 7.11 Å². The van der Waals surface area contributed by atoms with Crippen LogP contribution in [0.3, 0.4) is 0 Å². The minimum absolute atomic E-state index is 0.00764. The van der Waals surface area contributed by atoms with E-state index in [9.17, 15) is 4.79 Å². The van der Waals surface area contributed by atoms with E-state index in [0.29, 0.717) is 6.54 Å². The van der Waals surface area contributed by atoms with Crippen molar-refractivity contribution in [3.05, 3.63) is 18.2 Å². The number of nitrogens with zero attached hydrogens (tertiary/aromatic N) is 1. The van der Waals surface area contributed by atoms with E-state index in [-0.39, 0.29) is 5.91 Å². The molecule has 0 unspecified atom stereocenters. The molecule has 4 nitrogen and oxygen atoms in total. The molecule has 2 rings (SSSR count). The first-order chi connectivity index (χ1) is 6.70. The Kier molecular flexibility index (Phi) is 2.04. The molecule has 0 radical (unpaired) electrons. The number of methoxy groups -OCH3 is 1. The lowest BCUT2D eigenvalue weighted by atomic mass is 10.2. The molecule has 0 aromatic heterocycles. The number of carbonyl (C=O) groups is 1. The zero-order valence-electron chi connectivity index (χ0n) is 8.20. The number of rotatable bonds is 1. The fraction of sp³-hybridized carbons (Fsp3) is 0.300. The third-order valence-corrected chi connectivity index (χ3v) is 2.27. The van der Waals surface area contributed by atoms with Gasteiger partial charge in [0.05, 0.1) is 25.0 Å². The Morgan fingerprint density at radius 2 is 2.29 bits per heavy atom. The van der Waals surface area contributed by atoms with Crippen LogP contribution in [-0.4, -0.2) is 26.6 Å². The summed E-state index contributed by atoms with van der Waals surface area (Å²) < 4.78 is 5.08. The average Bonchev–Trinajstić information content (AvgIpc) is 2.16. The monoisotopic (exact) mass is 192 g/mol. The van der Waals surface area contributed by atoms with Crippen LogP contribution in [-0.2, 0) is 4.79 Å². The standard InChI is InChI=1S/C10H12N2O2/c1-12-6-10(13)11-8-5-7(14-2)3-4-9(8)12/h3-5H,6H2,1-2H3,(H,11,13). The highest BCUT2D eigenvalue weighted by Gasteiger charge is 2.18. The molecular formula is C10H12N2O2. The molecule has 74 valence electrons. The number of anilines is 2. The van der Waals surface area contributed by atoms with Crippen molar-refractivity contribution >= 4 is 17.3 Å². The van der Waals surface area contributed by atoms with Crippen molar-refractivity contribution in [1.82, 2.24) is 0 Å². The molecule has 1 N–H and O–H groups in total. The van der Waals surface area contributed by atoms with Gasteiger partial charge in [-0.25, -0.2) is 0 Å². The topological polar surface area (TPSA) is 41.6 Å². The van der Waals surface area contributed by atoms with Gasteiger partial charge in [0.1, 0.15) is 5.75 Å². The fourth-order valence-electron chi connectivity index (χ4n) is 1.57. The van der Waals surface area contributed by atoms with Crippen molar-refractivity contribution in [1.29, 1.82) is 0 Å². The first-order valence-electron chi connectivity index (χ1n) is 4.40. The lowest BCUT2D eigenvalue weighted by Gasteiger charge is -2.27. The Labute approximate surface area is 82.5 Å². The minimum Gasteiger partial charge on any atom is -0.497 e. The maximum atomic E-state index is 11.2. The van der Waals surface area contributed by atoms with Crippen LogP contribution in [0.4, 0.5) is 11.4 Å². The zero-order valence-corrected chi connectivity index (χ0v) is 8.20. The molecule has 1 aromatic carbocycles. The number of ether oxygens (including phenoxy) is 1. The van der Waals surface area contributed by atoms with Crippen molar-refractivity contribution < 1.29 is 9.53 Å². The molecule has 1 amide bonds. The number of nitrogens with one attached hydrogen (secondary N) is 1. The van der Waals surface area contributed by atoms with Gasteiger partial charge in [-0.3, -0.25) is 4.79 Å². The summed E-state index contributed by atoms with van der Waals surface area (Å²) in [5.41, 5.74) is 1.83. The zero-order chi connectivity index (χ0) is 10.1. The van der Waals surface area contributed by atoms with Crippen molar-refractivity contribution in [2.24, 2.45) is 0 Å². The molecule has 0 aliphatic carbocycles.